The molecule has 1 aromatic carbocycles. The molecule has 0 aliphatic carbocycles. The summed E-state index contributed by atoms with van der Waals surface area (Å²) in [6.07, 6.45) is 1.88. The average Bonchev–Trinajstić information content (AvgIpc) is 2.57. The predicted octanol–water partition coefficient (Wildman–Crippen LogP) is 1.99. The summed E-state index contributed by atoms with van der Waals surface area (Å²) in [5.41, 5.74) is 0. The zero-order valence-electron chi connectivity index (χ0n) is 14.1. The maximum absolute atomic E-state index is 13.1. The van der Waals surface area contributed by atoms with Crippen LogP contribution >= 0.6 is 11.6 Å². The zero-order chi connectivity index (χ0) is 17.6. The van der Waals surface area contributed by atoms with Gasteiger partial charge in [-0.2, -0.15) is 4.31 Å². The van der Waals surface area contributed by atoms with Crippen LogP contribution in [0.4, 0.5) is 0 Å². The number of ether oxygens (including phenoxy) is 2. The molecule has 0 spiro atoms. The number of hydrogen-bond donors (Lipinski definition) is 1. The third-order valence-electron chi connectivity index (χ3n) is 4.04. The van der Waals surface area contributed by atoms with Crippen LogP contribution in [0.15, 0.2) is 23.1 Å². The number of nitrogens with one attached hydrogen (secondary N) is 1. The van der Waals surface area contributed by atoms with Crippen LogP contribution in [0.5, 0.6) is 5.75 Å². The Morgan fingerprint density at radius 1 is 1.38 bits per heavy atom. The van der Waals surface area contributed by atoms with Gasteiger partial charge in [-0.15, -0.1) is 0 Å². The van der Waals surface area contributed by atoms with Gasteiger partial charge in [0.1, 0.15) is 17.3 Å². The molecule has 1 N–H and O–H groups in total. The molecule has 1 fully saturated rings. The largest absolute Gasteiger partial charge is 0.490 e. The number of hydrogen-bond acceptors (Lipinski definition) is 5. The van der Waals surface area contributed by atoms with Crippen LogP contribution in [0.3, 0.4) is 0 Å². The van der Waals surface area contributed by atoms with Crippen molar-refractivity contribution in [1.29, 1.82) is 0 Å². The fraction of sp³-hybridized carbons (Fsp3) is 0.625. The molecular weight excluding hydrogens is 352 g/mol. The highest BCUT2D eigenvalue weighted by molar-refractivity contribution is 7.89. The topological polar surface area (TPSA) is 67.9 Å². The first-order valence-corrected chi connectivity index (χ1v) is 9.87. The van der Waals surface area contributed by atoms with Gasteiger partial charge in [0.15, 0.2) is 0 Å². The molecule has 24 heavy (non-hydrogen) atoms. The van der Waals surface area contributed by atoms with Crippen LogP contribution in [0.1, 0.15) is 12.8 Å². The Labute approximate surface area is 149 Å². The molecule has 2 rings (SSSR count). The van der Waals surface area contributed by atoms with Crippen LogP contribution in [-0.4, -0.2) is 59.7 Å². The van der Waals surface area contributed by atoms with Gasteiger partial charge in [-0.3, -0.25) is 0 Å². The Bertz CT molecular complexity index is 637. The molecule has 0 radical (unpaired) electrons. The molecule has 8 heteroatoms. The minimum absolute atomic E-state index is 0.121. The lowest BCUT2D eigenvalue weighted by Gasteiger charge is -2.32. The number of methoxy groups -OCH3 is 1. The van der Waals surface area contributed by atoms with Gasteiger partial charge >= 0.3 is 0 Å². The number of nitrogens with zero attached hydrogens (tertiary/aromatic N) is 1. The molecule has 6 nitrogen and oxygen atoms in total. The van der Waals surface area contributed by atoms with E-state index in [1.165, 1.54) is 10.4 Å². The van der Waals surface area contributed by atoms with E-state index in [4.69, 9.17) is 21.1 Å². The van der Waals surface area contributed by atoms with Crippen molar-refractivity contribution in [3.8, 4) is 5.75 Å². The predicted molar refractivity (Wildman–Crippen MR) is 94.2 cm³/mol. The van der Waals surface area contributed by atoms with Gasteiger partial charge in [0.05, 0.1) is 6.61 Å². The zero-order valence-corrected chi connectivity index (χ0v) is 15.7. The lowest BCUT2D eigenvalue weighted by atomic mass is 10.00. The Kier molecular flexibility index (Phi) is 7.31. The van der Waals surface area contributed by atoms with Gasteiger partial charge < -0.3 is 14.8 Å². The van der Waals surface area contributed by atoms with Crippen molar-refractivity contribution in [2.24, 2.45) is 5.92 Å². The summed E-state index contributed by atoms with van der Waals surface area (Å²) in [5.74, 6) is 0.628. The number of benzene rings is 1. The van der Waals surface area contributed by atoms with E-state index in [1.807, 2.05) is 7.05 Å². The number of piperidine rings is 1. The van der Waals surface area contributed by atoms with Gasteiger partial charge in [-0.1, -0.05) is 11.6 Å². The average molecular weight is 377 g/mol. The molecule has 0 saturated carbocycles. The minimum atomic E-state index is -3.65. The highest BCUT2D eigenvalue weighted by Gasteiger charge is 2.32. The van der Waals surface area contributed by atoms with E-state index in [0.29, 0.717) is 36.4 Å². The summed E-state index contributed by atoms with van der Waals surface area (Å²) in [7, 11) is -0.199. The van der Waals surface area contributed by atoms with Gasteiger partial charge in [0, 0.05) is 25.2 Å². The first kappa shape index (κ1) is 19.5. The maximum atomic E-state index is 13.1. The summed E-state index contributed by atoms with van der Waals surface area (Å²) in [5, 5.41) is 3.49. The number of sulfonamides is 1. The molecule has 0 bridgehead atoms. The fourth-order valence-electron chi connectivity index (χ4n) is 2.88. The van der Waals surface area contributed by atoms with Gasteiger partial charge in [-0.05, 0) is 50.6 Å². The van der Waals surface area contributed by atoms with Gasteiger partial charge in [0.2, 0.25) is 10.0 Å². The van der Waals surface area contributed by atoms with Crippen molar-refractivity contribution >= 4 is 21.6 Å². The third kappa shape index (κ3) is 4.83. The monoisotopic (exact) mass is 376 g/mol. The van der Waals surface area contributed by atoms with E-state index in [2.05, 4.69) is 5.32 Å². The third-order valence-corrected chi connectivity index (χ3v) is 6.16. The second-order valence-electron chi connectivity index (χ2n) is 5.86. The molecule has 1 aliphatic heterocycles. The smallest absolute Gasteiger partial charge is 0.246 e. The van der Waals surface area contributed by atoms with Gasteiger partial charge in [0.25, 0.3) is 0 Å². The SMILES string of the molecule is CNC[C@@H]1CCCN(S(=O)(=O)c2cc(Cl)ccc2OCCOC)C1. The molecule has 0 aromatic heterocycles. The van der Waals surface area contributed by atoms with E-state index in [0.717, 1.165) is 19.4 Å². The normalized spacial score (nSPS) is 19.4. The second-order valence-corrected chi connectivity index (χ2v) is 8.20. The number of halogens is 1. The second kappa shape index (κ2) is 9.01. The highest BCUT2D eigenvalue weighted by Crippen LogP contribution is 2.32. The molecule has 1 heterocycles. The highest BCUT2D eigenvalue weighted by atomic mass is 35.5. The summed E-state index contributed by atoms with van der Waals surface area (Å²) < 4.78 is 38.2. The molecule has 0 unspecified atom stereocenters. The molecule has 1 aromatic rings. The van der Waals surface area contributed by atoms with E-state index < -0.39 is 10.0 Å². The maximum Gasteiger partial charge on any atom is 0.246 e. The Morgan fingerprint density at radius 3 is 2.88 bits per heavy atom. The van der Waals surface area contributed by atoms with Crippen LogP contribution in [0.25, 0.3) is 0 Å². The molecule has 136 valence electrons. The van der Waals surface area contributed by atoms with Crippen LogP contribution in [0.2, 0.25) is 5.02 Å². The number of rotatable bonds is 8. The first-order chi connectivity index (χ1) is 11.5. The lowest BCUT2D eigenvalue weighted by molar-refractivity contribution is 0.144. The summed E-state index contributed by atoms with van der Waals surface area (Å²) in [6, 6.07) is 4.68. The van der Waals surface area contributed by atoms with E-state index in [-0.39, 0.29) is 11.5 Å². The molecule has 1 saturated heterocycles. The van der Waals surface area contributed by atoms with Crippen molar-refractivity contribution in [2.75, 3.05) is 47.0 Å². The Balaban J connectivity index is 2.25. The lowest BCUT2D eigenvalue weighted by Crippen LogP contribution is -2.42. The molecule has 1 aliphatic rings. The van der Waals surface area contributed by atoms with Crippen LogP contribution < -0.4 is 10.1 Å². The standard InChI is InChI=1S/C16H25ClN2O4S/c1-18-11-13-4-3-7-19(12-13)24(20,21)16-10-14(17)5-6-15(16)23-9-8-22-2/h5-6,10,13,18H,3-4,7-9,11-12H2,1-2H3/t13-/m0/s1. The van der Waals surface area contributed by atoms with E-state index in [9.17, 15) is 8.42 Å². The van der Waals surface area contributed by atoms with Crippen molar-refractivity contribution < 1.29 is 17.9 Å². The fourth-order valence-corrected chi connectivity index (χ4v) is 4.83. The molecule has 1 atom stereocenters. The summed E-state index contributed by atoms with van der Waals surface area (Å²) >= 11 is 6.03. The summed E-state index contributed by atoms with van der Waals surface area (Å²) in [6.45, 7) is 2.50. The molecule has 0 amide bonds. The summed E-state index contributed by atoms with van der Waals surface area (Å²) in [4.78, 5) is 0.121. The molecular formula is C16H25ClN2O4S. The minimum Gasteiger partial charge on any atom is -0.490 e. The Morgan fingerprint density at radius 2 is 2.17 bits per heavy atom. The van der Waals surface area contributed by atoms with Gasteiger partial charge in [-0.25, -0.2) is 8.42 Å². The van der Waals surface area contributed by atoms with Crippen LogP contribution in [-0.2, 0) is 14.8 Å². The van der Waals surface area contributed by atoms with Crippen LogP contribution in [0, 0.1) is 5.92 Å². The van der Waals surface area contributed by atoms with Crippen molar-refractivity contribution in [3.05, 3.63) is 23.2 Å². The van der Waals surface area contributed by atoms with Crippen molar-refractivity contribution in [3.63, 3.8) is 0 Å². The quantitative estimate of drug-likeness (QED) is 0.703. The Hall–Kier alpha value is -0.860. The van der Waals surface area contributed by atoms with Crippen molar-refractivity contribution in [2.45, 2.75) is 17.7 Å². The van der Waals surface area contributed by atoms with E-state index >= 15 is 0 Å². The van der Waals surface area contributed by atoms with E-state index in [1.54, 1.807) is 19.2 Å². The van der Waals surface area contributed by atoms with Crippen molar-refractivity contribution in [1.82, 2.24) is 9.62 Å². The first-order valence-electron chi connectivity index (χ1n) is 8.05.